The molecule has 0 fully saturated rings. The Kier molecular flexibility index (Phi) is 3.56. The second-order valence-electron chi connectivity index (χ2n) is 2.46. The molecule has 0 spiro atoms. The first-order valence-electron chi connectivity index (χ1n) is 3.62. The molecule has 12 heavy (non-hydrogen) atoms. The van der Waals surface area contributed by atoms with E-state index in [0.29, 0.717) is 0 Å². The second kappa shape index (κ2) is 4.48. The van der Waals surface area contributed by atoms with E-state index >= 15 is 0 Å². The molecule has 2 nitrogen and oxygen atoms in total. The summed E-state index contributed by atoms with van der Waals surface area (Å²) in [5.41, 5.74) is 1.19. The Morgan fingerprint density at radius 2 is 2.17 bits per heavy atom. The van der Waals surface area contributed by atoms with Gasteiger partial charge in [-0.2, -0.15) is 0 Å². The van der Waals surface area contributed by atoms with Gasteiger partial charge in [0.1, 0.15) is 5.75 Å². The molecule has 1 aromatic carbocycles. The van der Waals surface area contributed by atoms with E-state index in [1.807, 2.05) is 25.1 Å². The van der Waals surface area contributed by atoms with Crippen LogP contribution in [0.5, 0.6) is 5.75 Å². The van der Waals surface area contributed by atoms with E-state index in [1.165, 1.54) is 5.56 Å². The number of halogens is 1. The fourth-order valence-corrected chi connectivity index (χ4v) is 1.15. The van der Waals surface area contributed by atoms with Gasteiger partial charge < -0.3 is 9.47 Å². The van der Waals surface area contributed by atoms with Crippen molar-refractivity contribution in [1.29, 1.82) is 0 Å². The van der Waals surface area contributed by atoms with Crippen molar-refractivity contribution in [2.45, 2.75) is 6.92 Å². The summed E-state index contributed by atoms with van der Waals surface area (Å²) in [6.07, 6.45) is 0. The predicted octanol–water partition coefficient (Wildman–Crippen LogP) is 2.74. The number of rotatable bonds is 3. The predicted molar refractivity (Wildman–Crippen MR) is 51.4 cm³/mol. The molecule has 0 aromatic heterocycles. The Morgan fingerprint density at radius 1 is 1.42 bits per heavy atom. The summed E-state index contributed by atoms with van der Waals surface area (Å²) in [7, 11) is 1.60. The minimum atomic E-state index is 0.287. The highest BCUT2D eigenvalue weighted by atomic mass is 79.9. The lowest BCUT2D eigenvalue weighted by Gasteiger charge is -2.05. The summed E-state index contributed by atoms with van der Waals surface area (Å²) in [5, 5.41) is 0. The van der Waals surface area contributed by atoms with Crippen molar-refractivity contribution in [2.75, 3.05) is 13.9 Å². The van der Waals surface area contributed by atoms with Crippen LogP contribution in [0.2, 0.25) is 0 Å². The fourth-order valence-electron chi connectivity index (χ4n) is 0.790. The summed E-state index contributed by atoms with van der Waals surface area (Å²) < 4.78 is 11.1. The molecule has 0 bridgehead atoms. The normalized spacial score (nSPS) is 9.92. The van der Waals surface area contributed by atoms with Crippen molar-refractivity contribution < 1.29 is 9.47 Å². The van der Waals surface area contributed by atoms with Gasteiger partial charge in [-0.3, -0.25) is 0 Å². The molecule has 0 amide bonds. The number of hydrogen-bond donors (Lipinski definition) is 0. The summed E-state index contributed by atoms with van der Waals surface area (Å²) in [6, 6.07) is 5.84. The molecule has 0 saturated heterocycles. The summed E-state index contributed by atoms with van der Waals surface area (Å²) in [4.78, 5) is 0. The van der Waals surface area contributed by atoms with E-state index < -0.39 is 0 Å². The minimum Gasteiger partial charge on any atom is -0.468 e. The van der Waals surface area contributed by atoms with Gasteiger partial charge in [0.25, 0.3) is 0 Å². The van der Waals surface area contributed by atoms with Gasteiger partial charge in [0.15, 0.2) is 6.79 Å². The molecule has 0 unspecified atom stereocenters. The van der Waals surface area contributed by atoms with Gasteiger partial charge in [0, 0.05) is 11.6 Å². The van der Waals surface area contributed by atoms with Crippen molar-refractivity contribution in [3.63, 3.8) is 0 Å². The van der Waals surface area contributed by atoms with Gasteiger partial charge in [0.05, 0.1) is 0 Å². The molecular formula is C9H11BrO2. The van der Waals surface area contributed by atoms with Crippen LogP contribution in [0.25, 0.3) is 0 Å². The standard InChI is InChI=1S/C9H11BrO2/c1-7-3-4-8(5-9(7)10)12-6-11-2/h3-5H,6H2,1-2H3. The Balaban J connectivity index is 2.69. The number of aryl methyl sites for hydroxylation is 1. The summed E-state index contributed by atoms with van der Waals surface area (Å²) >= 11 is 3.42. The van der Waals surface area contributed by atoms with Crippen molar-refractivity contribution >= 4 is 15.9 Å². The Morgan fingerprint density at radius 3 is 2.75 bits per heavy atom. The zero-order chi connectivity index (χ0) is 8.97. The van der Waals surface area contributed by atoms with E-state index in [9.17, 15) is 0 Å². The second-order valence-corrected chi connectivity index (χ2v) is 3.32. The number of methoxy groups -OCH3 is 1. The van der Waals surface area contributed by atoms with E-state index in [-0.39, 0.29) is 6.79 Å². The van der Waals surface area contributed by atoms with Crippen molar-refractivity contribution in [3.8, 4) is 5.75 Å². The van der Waals surface area contributed by atoms with Gasteiger partial charge in [-0.15, -0.1) is 0 Å². The third-order valence-corrected chi connectivity index (χ3v) is 2.34. The van der Waals surface area contributed by atoms with Crippen LogP contribution < -0.4 is 4.74 Å². The van der Waals surface area contributed by atoms with Crippen LogP contribution in [-0.4, -0.2) is 13.9 Å². The van der Waals surface area contributed by atoms with E-state index in [2.05, 4.69) is 15.9 Å². The van der Waals surface area contributed by atoms with E-state index in [1.54, 1.807) is 7.11 Å². The molecule has 0 saturated carbocycles. The van der Waals surface area contributed by atoms with E-state index in [4.69, 9.17) is 9.47 Å². The van der Waals surface area contributed by atoms with Crippen LogP contribution in [0.3, 0.4) is 0 Å². The smallest absolute Gasteiger partial charge is 0.188 e. The topological polar surface area (TPSA) is 18.5 Å². The van der Waals surface area contributed by atoms with Crippen LogP contribution in [-0.2, 0) is 4.74 Å². The van der Waals surface area contributed by atoms with Gasteiger partial charge in [0.2, 0.25) is 0 Å². The Hall–Kier alpha value is -0.540. The molecule has 0 N–H and O–H groups in total. The quantitative estimate of drug-likeness (QED) is 0.744. The molecule has 3 heteroatoms. The zero-order valence-corrected chi connectivity index (χ0v) is 8.72. The van der Waals surface area contributed by atoms with Gasteiger partial charge in [-0.25, -0.2) is 0 Å². The van der Waals surface area contributed by atoms with Crippen LogP contribution in [0.1, 0.15) is 5.56 Å². The maximum Gasteiger partial charge on any atom is 0.188 e. The first-order valence-corrected chi connectivity index (χ1v) is 4.41. The van der Waals surface area contributed by atoms with Crippen molar-refractivity contribution in [3.05, 3.63) is 28.2 Å². The zero-order valence-electron chi connectivity index (χ0n) is 7.13. The highest BCUT2D eigenvalue weighted by Crippen LogP contribution is 2.21. The lowest BCUT2D eigenvalue weighted by atomic mass is 10.2. The number of benzene rings is 1. The average molecular weight is 231 g/mol. The number of hydrogen-bond acceptors (Lipinski definition) is 2. The fraction of sp³-hybridized carbons (Fsp3) is 0.333. The SMILES string of the molecule is COCOc1ccc(C)c(Br)c1. The largest absolute Gasteiger partial charge is 0.468 e. The minimum absolute atomic E-state index is 0.287. The summed E-state index contributed by atoms with van der Waals surface area (Å²) in [5.74, 6) is 0.814. The van der Waals surface area contributed by atoms with Gasteiger partial charge >= 0.3 is 0 Å². The number of ether oxygens (including phenoxy) is 2. The molecule has 1 rings (SSSR count). The Labute approximate surface area is 80.6 Å². The molecular weight excluding hydrogens is 220 g/mol. The molecule has 1 aromatic rings. The lowest BCUT2D eigenvalue weighted by molar-refractivity contribution is 0.0511. The molecule has 0 atom stereocenters. The van der Waals surface area contributed by atoms with Crippen LogP contribution in [0.4, 0.5) is 0 Å². The third kappa shape index (κ3) is 2.50. The Bertz CT molecular complexity index is 261. The van der Waals surface area contributed by atoms with Crippen LogP contribution in [0, 0.1) is 6.92 Å². The maximum atomic E-state index is 5.24. The highest BCUT2D eigenvalue weighted by Gasteiger charge is 1.96. The van der Waals surface area contributed by atoms with E-state index in [0.717, 1.165) is 10.2 Å². The summed E-state index contributed by atoms with van der Waals surface area (Å²) in [6.45, 7) is 2.32. The molecule has 0 aliphatic carbocycles. The van der Waals surface area contributed by atoms with Crippen molar-refractivity contribution in [2.24, 2.45) is 0 Å². The van der Waals surface area contributed by atoms with Gasteiger partial charge in [-0.1, -0.05) is 22.0 Å². The molecule has 66 valence electrons. The monoisotopic (exact) mass is 230 g/mol. The first-order chi connectivity index (χ1) is 5.74. The maximum absolute atomic E-state index is 5.24. The van der Waals surface area contributed by atoms with Crippen LogP contribution >= 0.6 is 15.9 Å². The lowest BCUT2D eigenvalue weighted by Crippen LogP contribution is -1.98. The molecule has 0 aliphatic heterocycles. The van der Waals surface area contributed by atoms with Crippen LogP contribution in [0.15, 0.2) is 22.7 Å². The highest BCUT2D eigenvalue weighted by molar-refractivity contribution is 9.10. The average Bonchev–Trinajstić information content (AvgIpc) is 2.07. The third-order valence-electron chi connectivity index (χ3n) is 1.49. The van der Waals surface area contributed by atoms with Gasteiger partial charge in [-0.05, 0) is 24.6 Å². The first kappa shape index (κ1) is 9.55. The molecule has 0 aliphatic rings. The molecule has 0 heterocycles. The van der Waals surface area contributed by atoms with Crippen molar-refractivity contribution in [1.82, 2.24) is 0 Å². The molecule has 0 radical (unpaired) electrons.